The molecule has 5 heteroatoms. The fraction of sp³-hybridized carbons (Fsp3) is 0.300. The van der Waals surface area contributed by atoms with Gasteiger partial charge in [0.1, 0.15) is 5.75 Å². The van der Waals surface area contributed by atoms with Gasteiger partial charge in [-0.25, -0.2) is 0 Å². The van der Waals surface area contributed by atoms with E-state index in [0.29, 0.717) is 23.5 Å². The Hall–Kier alpha value is -2.82. The zero-order valence-corrected chi connectivity index (χ0v) is 14.7. The molecule has 0 fully saturated rings. The van der Waals surface area contributed by atoms with Gasteiger partial charge in [-0.1, -0.05) is 26.0 Å². The van der Waals surface area contributed by atoms with Gasteiger partial charge < -0.3 is 15.4 Å². The van der Waals surface area contributed by atoms with Gasteiger partial charge in [-0.2, -0.15) is 0 Å². The number of carbonyl (C=O) groups excluding carboxylic acids is 2. The molecule has 0 radical (unpaired) electrons. The Labute approximate surface area is 148 Å². The molecule has 0 saturated carbocycles. The third-order valence-corrected chi connectivity index (χ3v) is 3.63. The molecule has 2 amide bonds. The highest BCUT2D eigenvalue weighted by Crippen LogP contribution is 2.15. The number of anilines is 2. The Balaban J connectivity index is 1.80. The van der Waals surface area contributed by atoms with E-state index in [1.54, 1.807) is 24.3 Å². The SMILES string of the molecule is CCCC(=O)Nc1ccc(NC(=O)COc2ccc(CC)cc2)cc1. The highest BCUT2D eigenvalue weighted by atomic mass is 16.5. The van der Waals surface area contributed by atoms with E-state index in [-0.39, 0.29) is 18.4 Å². The van der Waals surface area contributed by atoms with E-state index in [1.807, 2.05) is 31.2 Å². The summed E-state index contributed by atoms with van der Waals surface area (Å²) in [4.78, 5) is 23.5. The molecular weight excluding hydrogens is 316 g/mol. The van der Waals surface area contributed by atoms with Crippen molar-refractivity contribution >= 4 is 23.2 Å². The Kier molecular flexibility index (Phi) is 7.01. The van der Waals surface area contributed by atoms with Gasteiger partial charge in [-0.3, -0.25) is 9.59 Å². The normalized spacial score (nSPS) is 10.2. The molecule has 0 unspecified atom stereocenters. The molecule has 2 aromatic carbocycles. The minimum Gasteiger partial charge on any atom is -0.484 e. The molecule has 132 valence electrons. The predicted octanol–water partition coefficient (Wildman–Crippen LogP) is 4.01. The number of nitrogens with one attached hydrogen (secondary N) is 2. The van der Waals surface area contributed by atoms with Gasteiger partial charge in [0, 0.05) is 17.8 Å². The summed E-state index contributed by atoms with van der Waals surface area (Å²) in [5.41, 5.74) is 2.59. The number of aryl methyl sites for hydroxylation is 1. The topological polar surface area (TPSA) is 67.4 Å². The smallest absolute Gasteiger partial charge is 0.262 e. The van der Waals surface area contributed by atoms with Crippen molar-refractivity contribution in [2.45, 2.75) is 33.1 Å². The number of benzene rings is 2. The Morgan fingerprint density at radius 2 is 1.40 bits per heavy atom. The summed E-state index contributed by atoms with van der Waals surface area (Å²) in [7, 11) is 0. The van der Waals surface area contributed by atoms with Crippen LogP contribution in [0, 0.1) is 0 Å². The summed E-state index contributed by atoms with van der Waals surface area (Å²) in [6.45, 7) is 3.99. The first-order valence-corrected chi connectivity index (χ1v) is 8.52. The molecule has 0 saturated heterocycles. The standard InChI is InChI=1S/C20H24N2O3/c1-3-5-19(23)21-16-8-10-17(11-9-16)22-20(24)14-25-18-12-6-15(4-2)7-13-18/h6-13H,3-5,14H2,1-2H3,(H,21,23)(H,22,24). The largest absolute Gasteiger partial charge is 0.484 e. The van der Waals surface area contributed by atoms with Crippen molar-refractivity contribution in [1.82, 2.24) is 0 Å². The van der Waals surface area contributed by atoms with Crippen LogP contribution in [0.25, 0.3) is 0 Å². The van der Waals surface area contributed by atoms with Crippen molar-refractivity contribution in [2.75, 3.05) is 17.2 Å². The first kappa shape index (κ1) is 18.5. The monoisotopic (exact) mass is 340 g/mol. The summed E-state index contributed by atoms with van der Waals surface area (Å²) in [6.07, 6.45) is 2.27. The van der Waals surface area contributed by atoms with Gasteiger partial charge in [0.25, 0.3) is 5.91 Å². The number of carbonyl (C=O) groups is 2. The third kappa shape index (κ3) is 6.30. The Morgan fingerprint density at radius 3 is 1.92 bits per heavy atom. The van der Waals surface area contributed by atoms with E-state index in [0.717, 1.165) is 12.8 Å². The van der Waals surface area contributed by atoms with Crippen LogP contribution in [0.4, 0.5) is 11.4 Å². The maximum Gasteiger partial charge on any atom is 0.262 e. The first-order valence-electron chi connectivity index (χ1n) is 8.52. The summed E-state index contributed by atoms with van der Waals surface area (Å²) < 4.78 is 5.47. The van der Waals surface area contributed by atoms with Gasteiger partial charge in [0.15, 0.2) is 6.61 Å². The fourth-order valence-electron chi connectivity index (χ4n) is 2.25. The molecule has 5 nitrogen and oxygen atoms in total. The van der Waals surface area contributed by atoms with Crippen molar-refractivity contribution in [3.8, 4) is 5.75 Å². The van der Waals surface area contributed by atoms with Crippen molar-refractivity contribution in [2.24, 2.45) is 0 Å². The lowest BCUT2D eigenvalue weighted by Crippen LogP contribution is -2.20. The van der Waals surface area contributed by atoms with E-state index in [4.69, 9.17) is 4.74 Å². The molecular formula is C20H24N2O3. The van der Waals surface area contributed by atoms with Crippen LogP contribution in [-0.2, 0) is 16.0 Å². The van der Waals surface area contributed by atoms with E-state index in [2.05, 4.69) is 17.6 Å². The fourth-order valence-corrected chi connectivity index (χ4v) is 2.25. The summed E-state index contributed by atoms with van der Waals surface area (Å²) >= 11 is 0. The van der Waals surface area contributed by atoms with Crippen LogP contribution in [-0.4, -0.2) is 18.4 Å². The molecule has 0 atom stereocenters. The molecule has 0 heterocycles. The van der Waals surface area contributed by atoms with Crippen LogP contribution in [0.5, 0.6) is 5.75 Å². The minimum atomic E-state index is -0.234. The van der Waals surface area contributed by atoms with Crippen LogP contribution < -0.4 is 15.4 Å². The van der Waals surface area contributed by atoms with Gasteiger partial charge in [-0.15, -0.1) is 0 Å². The number of amides is 2. The van der Waals surface area contributed by atoms with Crippen LogP contribution in [0.1, 0.15) is 32.3 Å². The molecule has 0 aromatic heterocycles. The zero-order chi connectivity index (χ0) is 18.1. The average Bonchev–Trinajstić information content (AvgIpc) is 2.62. The molecule has 2 aromatic rings. The van der Waals surface area contributed by atoms with Crippen molar-refractivity contribution < 1.29 is 14.3 Å². The molecule has 0 aliphatic carbocycles. The van der Waals surface area contributed by atoms with Gasteiger partial charge in [-0.05, 0) is 54.8 Å². The number of hydrogen-bond donors (Lipinski definition) is 2. The van der Waals surface area contributed by atoms with Crippen LogP contribution >= 0.6 is 0 Å². The molecule has 2 rings (SSSR count). The number of hydrogen-bond acceptors (Lipinski definition) is 3. The van der Waals surface area contributed by atoms with Crippen LogP contribution in [0.2, 0.25) is 0 Å². The average molecular weight is 340 g/mol. The first-order chi connectivity index (χ1) is 12.1. The van der Waals surface area contributed by atoms with E-state index in [9.17, 15) is 9.59 Å². The summed E-state index contributed by atoms with van der Waals surface area (Å²) in [6, 6.07) is 14.7. The van der Waals surface area contributed by atoms with Crippen molar-refractivity contribution in [3.63, 3.8) is 0 Å². The predicted molar refractivity (Wildman–Crippen MR) is 99.9 cm³/mol. The highest BCUT2D eigenvalue weighted by molar-refractivity contribution is 5.93. The molecule has 0 aliphatic heterocycles. The maximum absolute atomic E-state index is 12.0. The lowest BCUT2D eigenvalue weighted by atomic mass is 10.2. The zero-order valence-electron chi connectivity index (χ0n) is 14.7. The lowest BCUT2D eigenvalue weighted by molar-refractivity contribution is -0.118. The molecule has 0 bridgehead atoms. The lowest BCUT2D eigenvalue weighted by Gasteiger charge is -2.09. The van der Waals surface area contributed by atoms with Gasteiger partial charge >= 0.3 is 0 Å². The molecule has 0 aliphatic rings. The summed E-state index contributed by atoms with van der Waals surface area (Å²) in [5, 5.41) is 5.57. The third-order valence-electron chi connectivity index (χ3n) is 3.63. The summed E-state index contributed by atoms with van der Waals surface area (Å²) in [5.74, 6) is 0.422. The molecule has 2 N–H and O–H groups in total. The van der Waals surface area contributed by atoms with E-state index in [1.165, 1.54) is 5.56 Å². The second-order valence-corrected chi connectivity index (χ2v) is 5.71. The maximum atomic E-state index is 12.0. The van der Waals surface area contributed by atoms with Gasteiger partial charge in [0.2, 0.25) is 5.91 Å². The van der Waals surface area contributed by atoms with Crippen molar-refractivity contribution in [3.05, 3.63) is 54.1 Å². The van der Waals surface area contributed by atoms with E-state index >= 15 is 0 Å². The van der Waals surface area contributed by atoms with Crippen LogP contribution in [0.15, 0.2) is 48.5 Å². The highest BCUT2D eigenvalue weighted by Gasteiger charge is 2.05. The van der Waals surface area contributed by atoms with Gasteiger partial charge in [0.05, 0.1) is 0 Å². The number of ether oxygens (including phenoxy) is 1. The van der Waals surface area contributed by atoms with E-state index < -0.39 is 0 Å². The van der Waals surface area contributed by atoms with Crippen LogP contribution in [0.3, 0.4) is 0 Å². The Morgan fingerprint density at radius 1 is 0.840 bits per heavy atom. The molecule has 0 spiro atoms. The Bertz CT molecular complexity index is 694. The molecule has 25 heavy (non-hydrogen) atoms. The second-order valence-electron chi connectivity index (χ2n) is 5.71. The second kappa shape index (κ2) is 9.47. The van der Waals surface area contributed by atoms with Crippen molar-refractivity contribution in [1.29, 1.82) is 0 Å². The number of rotatable bonds is 8. The quantitative estimate of drug-likeness (QED) is 0.763. The minimum absolute atomic E-state index is 0.0122.